The van der Waals surface area contributed by atoms with Crippen molar-refractivity contribution in [1.82, 2.24) is 4.90 Å². The van der Waals surface area contributed by atoms with E-state index in [9.17, 15) is 14.4 Å². The van der Waals surface area contributed by atoms with Crippen LogP contribution in [0.2, 0.25) is 0 Å². The smallest absolute Gasteiger partial charge is 0.360 e. The first kappa shape index (κ1) is 28.7. The maximum absolute atomic E-state index is 12.9. The van der Waals surface area contributed by atoms with E-state index < -0.39 is 17.6 Å². The minimum Gasteiger partial charge on any atom is -0.496 e. The van der Waals surface area contributed by atoms with Gasteiger partial charge in [-0.3, -0.25) is 4.79 Å². The van der Waals surface area contributed by atoms with Gasteiger partial charge in [0.05, 0.1) is 7.11 Å². The van der Waals surface area contributed by atoms with Crippen molar-refractivity contribution in [3.8, 4) is 28.4 Å². The van der Waals surface area contributed by atoms with Gasteiger partial charge in [0.2, 0.25) is 0 Å². The lowest BCUT2D eigenvalue weighted by atomic mass is 10.0. The summed E-state index contributed by atoms with van der Waals surface area (Å²) in [6, 6.07) is 16.7. The molecule has 2 heterocycles. The van der Waals surface area contributed by atoms with E-state index in [0.29, 0.717) is 39.5 Å². The number of hydrogen-bond acceptors (Lipinski definition) is 8. The number of carbonyl (C=O) groups excluding carboxylic acids is 2. The number of aryl methyl sites for hydroxylation is 1. The van der Waals surface area contributed by atoms with Gasteiger partial charge < -0.3 is 34.2 Å². The maximum Gasteiger partial charge on any atom is 0.360 e. The van der Waals surface area contributed by atoms with Crippen LogP contribution in [0.15, 0.2) is 69.9 Å². The van der Waals surface area contributed by atoms with Gasteiger partial charge in [0, 0.05) is 42.2 Å². The number of benzene rings is 3. The molecular formula is C32H33N3O7. The average Bonchev–Trinajstić information content (AvgIpc) is 2.96. The zero-order valence-electron chi connectivity index (χ0n) is 24.0. The van der Waals surface area contributed by atoms with Crippen LogP contribution in [0.1, 0.15) is 25.3 Å². The fraction of sp³-hybridized carbons (Fsp3) is 0.281. The zero-order valence-corrected chi connectivity index (χ0v) is 24.0. The molecule has 4 aromatic rings. The minimum atomic E-state index is -0.671. The molecule has 1 saturated heterocycles. The molecule has 2 amide bonds. The molecule has 1 aliphatic rings. The van der Waals surface area contributed by atoms with Crippen LogP contribution in [0.4, 0.5) is 16.2 Å². The summed E-state index contributed by atoms with van der Waals surface area (Å²) in [6.07, 6.45) is 1.99. The molecule has 10 nitrogen and oxygen atoms in total. The number of carbonyl (C=O) groups is 2. The van der Waals surface area contributed by atoms with Crippen molar-refractivity contribution in [3.05, 3.63) is 76.6 Å². The van der Waals surface area contributed by atoms with Gasteiger partial charge in [-0.25, -0.2) is 9.59 Å². The molecular weight excluding hydrogens is 538 g/mol. The van der Waals surface area contributed by atoms with Gasteiger partial charge in [0.1, 0.15) is 34.6 Å². The van der Waals surface area contributed by atoms with Crippen LogP contribution >= 0.6 is 0 Å². The number of methoxy groups -OCH3 is 1. The largest absolute Gasteiger partial charge is 0.496 e. The van der Waals surface area contributed by atoms with E-state index in [2.05, 4.69) is 22.6 Å². The van der Waals surface area contributed by atoms with Gasteiger partial charge in [0.25, 0.3) is 0 Å². The van der Waals surface area contributed by atoms with E-state index in [4.69, 9.17) is 18.6 Å². The van der Waals surface area contributed by atoms with Crippen LogP contribution in [-0.4, -0.2) is 50.3 Å². The molecule has 10 heteroatoms. The number of nitrogens with one attached hydrogen (secondary N) is 2. The van der Waals surface area contributed by atoms with Crippen molar-refractivity contribution in [2.24, 2.45) is 0 Å². The van der Waals surface area contributed by atoms with E-state index in [0.717, 1.165) is 37.1 Å². The molecule has 0 spiro atoms. The van der Waals surface area contributed by atoms with Crippen molar-refractivity contribution in [2.75, 3.05) is 37.9 Å². The van der Waals surface area contributed by atoms with Crippen LogP contribution in [0.25, 0.3) is 22.1 Å². The van der Waals surface area contributed by atoms with Crippen LogP contribution < -0.4 is 30.5 Å². The number of hydrogen-bond donors (Lipinski definition) is 2. The third-order valence-electron chi connectivity index (χ3n) is 7.17. The molecule has 0 aliphatic carbocycles. The van der Waals surface area contributed by atoms with E-state index in [-0.39, 0.29) is 11.8 Å². The number of rotatable bonds is 7. The fourth-order valence-electron chi connectivity index (χ4n) is 4.99. The minimum absolute atomic E-state index is 0.00574. The summed E-state index contributed by atoms with van der Waals surface area (Å²) in [4.78, 5) is 39.4. The van der Waals surface area contributed by atoms with Gasteiger partial charge >= 0.3 is 17.6 Å². The summed E-state index contributed by atoms with van der Waals surface area (Å²) in [5, 5.41) is 6.00. The Bertz CT molecular complexity index is 1690. The normalized spacial score (nSPS) is 13.9. The first-order chi connectivity index (χ1) is 20.2. The standard InChI is InChI=1S/C32H33N3O7/c1-19-28(41-24-12-14-35(3)15-13-24)10-8-22-17-27(31(37)42-30(19)22)34-32(38)33-23-9-11-29(39-4)26(18-23)21-6-5-7-25(16-21)40-20(2)36/h5-11,16-18,24H,12-15H2,1-4H3,(H2,33,34,38). The Morgan fingerprint density at radius 1 is 0.976 bits per heavy atom. The molecule has 0 saturated carbocycles. The molecule has 42 heavy (non-hydrogen) atoms. The summed E-state index contributed by atoms with van der Waals surface area (Å²) in [5.74, 6) is 1.20. The number of anilines is 2. The Hall–Kier alpha value is -4.83. The maximum atomic E-state index is 12.9. The van der Waals surface area contributed by atoms with Crippen molar-refractivity contribution >= 4 is 34.3 Å². The molecule has 3 aromatic carbocycles. The molecule has 0 unspecified atom stereocenters. The molecule has 0 atom stereocenters. The summed E-state index contributed by atoms with van der Waals surface area (Å²) in [6.45, 7) is 5.14. The third kappa shape index (κ3) is 6.55. The lowest BCUT2D eigenvalue weighted by Gasteiger charge is -2.29. The lowest BCUT2D eigenvalue weighted by Crippen LogP contribution is -2.35. The molecule has 218 valence electrons. The Morgan fingerprint density at radius 2 is 1.74 bits per heavy atom. The molecule has 1 aliphatic heterocycles. The Morgan fingerprint density at radius 3 is 2.48 bits per heavy atom. The third-order valence-corrected chi connectivity index (χ3v) is 7.17. The second-order valence-corrected chi connectivity index (χ2v) is 10.3. The van der Waals surface area contributed by atoms with Gasteiger partial charge in [-0.15, -0.1) is 0 Å². The van der Waals surface area contributed by atoms with E-state index in [1.807, 2.05) is 25.1 Å². The molecule has 5 rings (SSSR count). The second-order valence-electron chi connectivity index (χ2n) is 10.3. The highest BCUT2D eigenvalue weighted by molar-refractivity contribution is 6.01. The highest BCUT2D eigenvalue weighted by atomic mass is 16.5. The van der Waals surface area contributed by atoms with Crippen LogP contribution in [0, 0.1) is 6.92 Å². The van der Waals surface area contributed by atoms with Gasteiger partial charge in [-0.1, -0.05) is 12.1 Å². The van der Waals surface area contributed by atoms with Gasteiger partial charge in [-0.2, -0.15) is 0 Å². The number of ether oxygens (including phenoxy) is 3. The number of fused-ring (bicyclic) bond motifs is 1. The monoisotopic (exact) mass is 571 g/mol. The lowest BCUT2D eigenvalue weighted by molar-refractivity contribution is -0.131. The van der Waals surface area contributed by atoms with E-state index >= 15 is 0 Å². The van der Waals surface area contributed by atoms with Crippen LogP contribution in [-0.2, 0) is 4.79 Å². The average molecular weight is 572 g/mol. The van der Waals surface area contributed by atoms with Crippen molar-refractivity contribution < 1.29 is 28.2 Å². The van der Waals surface area contributed by atoms with Crippen molar-refractivity contribution in [3.63, 3.8) is 0 Å². The molecule has 1 aromatic heterocycles. The summed E-state index contributed by atoms with van der Waals surface area (Å²) in [7, 11) is 3.64. The summed E-state index contributed by atoms with van der Waals surface area (Å²) < 4.78 is 22.5. The molecule has 0 bridgehead atoms. The highest BCUT2D eigenvalue weighted by Gasteiger charge is 2.20. The number of piperidine rings is 1. The number of nitrogens with zero attached hydrogens (tertiary/aromatic N) is 1. The SMILES string of the molecule is COc1ccc(NC(=O)Nc2cc3ccc(OC4CCN(C)CC4)c(C)c3oc2=O)cc1-c1cccc(OC(C)=O)c1. The molecule has 0 radical (unpaired) electrons. The molecule has 2 N–H and O–H groups in total. The predicted molar refractivity (Wildman–Crippen MR) is 161 cm³/mol. The van der Waals surface area contributed by atoms with Gasteiger partial charge in [0.15, 0.2) is 0 Å². The second kappa shape index (κ2) is 12.4. The van der Waals surface area contributed by atoms with E-state index in [1.165, 1.54) is 6.92 Å². The summed E-state index contributed by atoms with van der Waals surface area (Å²) in [5.41, 5.74) is 2.34. The quantitative estimate of drug-likeness (QED) is 0.162. The Labute approximate surface area is 243 Å². The number of likely N-dealkylation sites (tertiary alicyclic amines) is 1. The predicted octanol–water partition coefficient (Wildman–Crippen LogP) is 5.82. The Balaban J connectivity index is 1.32. The van der Waals surface area contributed by atoms with Crippen molar-refractivity contribution in [1.29, 1.82) is 0 Å². The number of esters is 1. The zero-order chi connectivity index (χ0) is 29.8. The van der Waals surface area contributed by atoms with Gasteiger partial charge in [-0.05, 0) is 80.9 Å². The first-order valence-electron chi connectivity index (χ1n) is 13.7. The van der Waals surface area contributed by atoms with E-state index in [1.54, 1.807) is 49.6 Å². The summed E-state index contributed by atoms with van der Waals surface area (Å²) >= 11 is 0. The molecule has 1 fully saturated rings. The topological polar surface area (TPSA) is 119 Å². The fourth-order valence-corrected chi connectivity index (χ4v) is 4.99. The van der Waals surface area contributed by atoms with Crippen LogP contribution in [0.5, 0.6) is 17.2 Å². The Kier molecular flexibility index (Phi) is 8.44. The first-order valence-corrected chi connectivity index (χ1v) is 13.7. The van der Waals surface area contributed by atoms with Crippen LogP contribution in [0.3, 0.4) is 0 Å². The number of amides is 2. The number of urea groups is 1. The van der Waals surface area contributed by atoms with Crippen molar-refractivity contribution in [2.45, 2.75) is 32.8 Å². The highest BCUT2D eigenvalue weighted by Crippen LogP contribution is 2.35.